The number of nitrogens with one attached hydrogen (secondary N) is 1. The summed E-state index contributed by atoms with van der Waals surface area (Å²) in [6.45, 7) is 1.66. The maximum absolute atomic E-state index is 13.4. The maximum atomic E-state index is 13.4. The average molecular weight is 318 g/mol. The van der Waals surface area contributed by atoms with Crippen molar-refractivity contribution in [1.29, 1.82) is 5.26 Å². The molecule has 1 aromatic heterocycles. The SMILES string of the molecule is Cc1cc(=O)[nH]c(SCc2cc(F)cc(C(=O)O)c2)c1C#N. The number of aromatic nitrogens is 1. The number of hydrogen-bond donors (Lipinski definition) is 2. The molecule has 0 spiro atoms. The van der Waals surface area contributed by atoms with E-state index in [1.807, 2.05) is 6.07 Å². The quantitative estimate of drug-likeness (QED) is 0.845. The van der Waals surface area contributed by atoms with Crippen LogP contribution in [-0.2, 0) is 5.75 Å². The van der Waals surface area contributed by atoms with Crippen molar-refractivity contribution in [2.75, 3.05) is 0 Å². The lowest BCUT2D eigenvalue weighted by atomic mass is 10.1. The molecule has 0 unspecified atom stereocenters. The number of halogens is 1. The van der Waals surface area contributed by atoms with E-state index in [-0.39, 0.29) is 16.9 Å². The van der Waals surface area contributed by atoms with Crippen LogP contribution in [0, 0.1) is 24.1 Å². The molecule has 0 radical (unpaired) electrons. The number of carbonyl (C=O) groups is 1. The van der Waals surface area contributed by atoms with Gasteiger partial charge < -0.3 is 10.1 Å². The molecule has 0 amide bonds. The molecule has 22 heavy (non-hydrogen) atoms. The molecule has 0 saturated carbocycles. The van der Waals surface area contributed by atoms with Crippen LogP contribution < -0.4 is 5.56 Å². The zero-order valence-corrected chi connectivity index (χ0v) is 12.3. The summed E-state index contributed by atoms with van der Waals surface area (Å²) in [5, 5.41) is 18.4. The molecule has 0 bridgehead atoms. The Morgan fingerprint density at radius 2 is 2.14 bits per heavy atom. The number of pyridine rings is 1. The normalized spacial score (nSPS) is 10.2. The van der Waals surface area contributed by atoms with Crippen molar-refractivity contribution in [3.8, 4) is 6.07 Å². The predicted molar refractivity (Wildman–Crippen MR) is 79.4 cm³/mol. The zero-order valence-electron chi connectivity index (χ0n) is 11.5. The van der Waals surface area contributed by atoms with Crippen molar-refractivity contribution in [1.82, 2.24) is 4.98 Å². The second-order valence-corrected chi connectivity index (χ2v) is 5.56. The number of H-pyrrole nitrogens is 1. The predicted octanol–water partition coefficient (Wildman–Crippen LogP) is 2.68. The second-order valence-electron chi connectivity index (χ2n) is 4.57. The van der Waals surface area contributed by atoms with Crippen molar-refractivity contribution in [3.05, 3.63) is 62.7 Å². The molecule has 1 heterocycles. The number of aromatic carboxylic acids is 1. The first-order valence-electron chi connectivity index (χ1n) is 6.20. The summed E-state index contributed by atoms with van der Waals surface area (Å²) in [5.74, 6) is -1.63. The van der Waals surface area contributed by atoms with E-state index in [0.717, 1.165) is 17.8 Å². The summed E-state index contributed by atoms with van der Waals surface area (Å²) in [4.78, 5) is 24.9. The van der Waals surface area contributed by atoms with Crippen LogP contribution in [0.3, 0.4) is 0 Å². The number of hydrogen-bond acceptors (Lipinski definition) is 4. The van der Waals surface area contributed by atoms with Gasteiger partial charge in [0.15, 0.2) is 0 Å². The van der Waals surface area contributed by atoms with Crippen LogP contribution in [0.2, 0.25) is 0 Å². The number of carboxylic acids is 1. The van der Waals surface area contributed by atoms with Gasteiger partial charge in [-0.3, -0.25) is 4.79 Å². The fraction of sp³-hybridized carbons (Fsp3) is 0.133. The van der Waals surface area contributed by atoms with Gasteiger partial charge in [0, 0.05) is 11.8 Å². The molecule has 0 aliphatic rings. The molecule has 2 rings (SSSR count). The van der Waals surface area contributed by atoms with Crippen LogP contribution in [0.25, 0.3) is 0 Å². The lowest BCUT2D eigenvalue weighted by molar-refractivity contribution is 0.0696. The first kappa shape index (κ1) is 15.8. The van der Waals surface area contributed by atoms with E-state index >= 15 is 0 Å². The van der Waals surface area contributed by atoms with E-state index < -0.39 is 11.8 Å². The number of aromatic amines is 1. The minimum absolute atomic E-state index is 0.145. The lowest BCUT2D eigenvalue weighted by Gasteiger charge is -2.07. The Hall–Kier alpha value is -2.59. The minimum atomic E-state index is -1.22. The number of nitriles is 1. The molecule has 0 aliphatic heterocycles. The van der Waals surface area contributed by atoms with Crippen LogP contribution >= 0.6 is 11.8 Å². The van der Waals surface area contributed by atoms with Crippen molar-refractivity contribution >= 4 is 17.7 Å². The molecular weight excluding hydrogens is 307 g/mol. The van der Waals surface area contributed by atoms with E-state index in [0.29, 0.717) is 21.7 Å². The highest BCUT2D eigenvalue weighted by Crippen LogP contribution is 2.25. The van der Waals surface area contributed by atoms with Gasteiger partial charge in [-0.15, -0.1) is 11.8 Å². The summed E-state index contributed by atoms with van der Waals surface area (Å²) in [6.07, 6.45) is 0. The molecule has 7 heteroatoms. The van der Waals surface area contributed by atoms with Crippen LogP contribution in [0.1, 0.15) is 27.0 Å². The van der Waals surface area contributed by atoms with Crippen LogP contribution in [0.4, 0.5) is 4.39 Å². The summed E-state index contributed by atoms with van der Waals surface area (Å²) in [6, 6.07) is 6.85. The highest BCUT2D eigenvalue weighted by Gasteiger charge is 2.11. The Bertz CT molecular complexity index is 840. The highest BCUT2D eigenvalue weighted by molar-refractivity contribution is 7.98. The maximum Gasteiger partial charge on any atom is 0.335 e. The molecule has 1 aromatic carbocycles. The number of thioether (sulfide) groups is 1. The van der Waals surface area contributed by atoms with Gasteiger partial charge in [0.05, 0.1) is 16.2 Å². The van der Waals surface area contributed by atoms with Crippen molar-refractivity contribution in [2.24, 2.45) is 0 Å². The lowest BCUT2D eigenvalue weighted by Crippen LogP contribution is -2.08. The Labute approximate surface area is 129 Å². The third kappa shape index (κ3) is 3.54. The van der Waals surface area contributed by atoms with Gasteiger partial charge in [-0.2, -0.15) is 5.26 Å². The van der Waals surface area contributed by atoms with Gasteiger partial charge in [-0.1, -0.05) is 0 Å². The number of nitrogens with zero attached hydrogens (tertiary/aromatic N) is 1. The van der Waals surface area contributed by atoms with Crippen molar-refractivity contribution in [3.63, 3.8) is 0 Å². The first-order chi connectivity index (χ1) is 10.4. The topological polar surface area (TPSA) is 93.9 Å². The zero-order chi connectivity index (χ0) is 16.3. The molecule has 2 N–H and O–H groups in total. The van der Waals surface area contributed by atoms with Gasteiger partial charge in [0.2, 0.25) is 5.56 Å². The summed E-state index contributed by atoms with van der Waals surface area (Å²) in [5.41, 5.74) is 0.880. The minimum Gasteiger partial charge on any atom is -0.478 e. The number of rotatable bonds is 4. The Balaban J connectivity index is 2.30. The van der Waals surface area contributed by atoms with Gasteiger partial charge in [-0.05, 0) is 36.2 Å². The van der Waals surface area contributed by atoms with Crippen molar-refractivity contribution in [2.45, 2.75) is 17.7 Å². The van der Waals surface area contributed by atoms with Crippen LogP contribution in [-0.4, -0.2) is 16.1 Å². The molecule has 0 saturated heterocycles. The van der Waals surface area contributed by atoms with Gasteiger partial charge in [0.25, 0.3) is 0 Å². The van der Waals surface area contributed by atoms with Crippen LogP contribution in [0.5, 0.6) is 0 Å². The van der Waals surface area contributed by atoms with E-state index in [1.54, 1.807) is 6.92 Å². The van der Waals surface area contributed by atoms with E-state index in [4.69, 9.17) is 10.4 Å². The third-order valence-corrected chi connectivity index (χ3v) is 3.98. The van der Waals surface area contributed by atoms with E-state index in [9.17, 15) is 14.0 Å². The summed E-state index contributed by atoms with van der Waals surface area (Å²) in [7, 11) is 0. The Kier molecular flexibility index (Phi) is 4.63. The highest BCUT2D eigenvalue weighted by atomic mass is 32.2. The fourth-order valence-corrected chi connectivity index (χ4v) is 2.92. The molecule has 5 nitrogen and oxygen atoms in total. The standard InChI is InChI=1S/C15H11FN2O3S/c1-8-2-13(19)18-14(12(8)6-17)22-7-9-3-10(15(20)21)5-11(16)4-9/h2-5H,7H2,1H3,(H,18,19)(H,20,21). The third-order valence-electron chi connectivity index (χ3n) is 2.91. The van der Waals surface area contributed by atoms with Gasteiger partial charge in [0.1, 0.15) is 11.9 Å². The molecule has 112 valence electrons. The monoisotopic (exact) mass is 318 g/mol. The van der Waals surface area contributed by atoms with Crippen LogP contribution in [0.15, 0.2) is 34.1 Å². The van der Waals surface area contributed by atoms with Crippen molar-refractivity contribution < 1.29 is 14.3 Å². The molecule has 0 fully saturated rings. The van der Waals surface area contributed by atoms with Gasteiger partial charge >= 0.3 is 5.97 Å². The first-order valence-corrected chi connectivity index (χ1v) is 7.19. The van der Waals surface area contributed by atoms with E-state index in [1.165, 1.54) is 18.2 Å². The number of aryl methyl sites for hydroxylation is 1. The second kappa shape index (κ2) is 6.45. The Morgan fingerprint density at radius 1 is 1.41 bits per heavy atom. The molecular formula is C15H11FN2O3S. The summed E-state index contributed by atoms with van der Waals surface area (Å²) >= 11 is 1.14. The fourth-order valence-electron chi connectivity index (χ4n) is 1.92. The molecule has 0 atom stereocenters. The summed E-state index contributed by atoms with van der Waals surface area (Å²) < 4.78 is 13.4. The average Bonchev–Trinajstić information content (AvgIpc) is 2.44. The number of carboxylic acid groups (broad SMARTS) is 1. The van der Waals surface area contributed by atoms with Gasteiger partial charge in [-0.25, -0.2) is 9.18 Å². The smallest absolute Gasteiger partial charge is 0.335 e. The Morgan fingerprint density at radius 3 is 2.77 bits per heavy atom. The number of benzene rings is 1. The molecule has 0 aliphatic carbocycles. The largest absolute Gasteiger partial charge is 0.478 e. The van der Waals surface area contributed by atoms with E-state index in [2.05, 4.69) is 4.98 Å². The molecule has 2 aromatic rings.